The predicted molar refractivity (Wildman–Crippen MR) is 72.0 cm³/mol. The minimum absolute atomic E-state index is 0. The standard InChI is InChI=1S/C13H28N3.ClH/c1-13(2,3)11(14(4)5)10-12(15(6)7)16(8)9;/h10H,1-9H3;1H/q+1;/p-1. The molecule has 0 N–H and O–H groups in total. The zero-order valence-electron chi connectivity index (χ0n) is 12.8. The summed E-state index contributed by atoms with van der Waals surface area (Å²) in [5, 5.41) is 0. The molecule has 0 amide bonds. The topological polar surface area (TPSA) is 9.49 Å². The van der Waals surface area contributed by atoms with Gasteiger partial charge in [-0.15, -0.1) is 0 Å². The molecule has 0 atom stereocenters. The average Bonchev–Trinajstić information content (AvgIpc) is 1.99. The van der Waals surface area contributed by atoms with Gasteiger partial charge in [0.25, 0.3) is 5.84 Å². The Morgan fingerprint density at radius 2 is 1.35 bits per heavy atom. The molecule has 0 aromatic carbocycles. The molecular weight excluding hydrogens is 234 g/mol. The zero-order valence-corrected chi connectivity index (χ0v) is 13.6. The van der Waals surface area contributed by atoms with Crippen LogP contribution in [-0.4, -0.2) is 62.5 Å². The molecule has 0 aliphatic carbocycles. The van der Waals surface area contributed by atoms with Gasteiger partial charge in [-0.1, -0.05) is 20.8 Å². The highest BCUT2D eigenvalue weighted by molar-refractivity contribution is 5.89. The van der Waals surface area contributed by atoms with Gasteiger partial charge in [-0.2, -0.15) is 0 Å². The number of amidine groups is 1. The number of nitrogens with zero attached hydrogens (tertiary/aromatic N) is 3. The molecule has 3 nitrogen and oxygen atoms in total. The van der Waals surface area contributed by atoms with Crippen LogP contribution >= 0.6 is 0 Å². The summed E-state index contributed by atoms with van der Waals surface area (Å²) in [7, 11) is 12.5. The normalized spacial score (nSPS) is 11.7. The van der Waals surface area contributed by atoms with Crippen molar-refractivity contribution in [2.75, 3.05) is 42.3 Å². The van der Waals surface area contributed by atoms with Crippen LogP contribution in [0.2, 0.25) is 0 Å². The van der Waals surface area contributed by atoms with Crippen molar-refractivity contribution in [1.82, 2.24) is 9.80 Å². The Bertz CT molecular complexity index is 292. The number of halogens is 1. The summed E-state index contributed by atoms with van der Waals surface area (Å²) in [4.78, 5) is 4.32. The summed E-state index contributed by atoms with van der Waals surface area (Å²) < 4.78 is 2.13. The van der Waals surface area contributed by atoms with Crippen LogP contribution in [0.3, 0.4) is 0 Å². The molecule has 0 bridgehead atoms. The molecule has 0 aliphatic heterocycles. The van der Waals surface area contributed by atoms with Gasteiger partial charge < -0.3 is 17.3 Å². The maximum absolute atomic E-state index is 2.25. The Labute approximate surface area is 113 Å². The highest BCUT2D eigenvalue weighted by atomic mass is 35.5. The first-order valence-electron chi connectivity index (χ1n) is 5.68. The van der Waals surface area contributed by atoms with Crippen molar-refractivity contribution in [2.24, 2.45) is 5.41 Å². The van der Waals surface area contributed by atoms with E-state index < -0.39 is 0 Å². The van der Waals surface area contributed by atoms with Gasteiger partial charge in [0, 0.05) is 31.3 Å². The van der Waals surface area contributed by atoms with E-state index in [9.17, 15) is 0 Å². The maximum Gasteiger partial charge on any atom is 0.272 e. The van der Waals surface area contributed by atoms with E-state index in [-0.39, 0.29) is 17.8 Å². The molecule has 0 rings (SSSR count). The second kappa shape index (κ2) is 6.90. The number of hydrogen-bond donors (Lipinski definition) is 0. The fraction of sp³-hybridized carbons (Fsp3) is 0.769. The summed E-state index contributed by atoms with van der Waals surface area (Å²) in [6.07, 6.45) is 2.25. The summed E-state index contributed by atoms with van der Waals surface area (Å²) in [5.74, 6) is 1.21. The van der Waals surface area contributed by atoms with E-state index in [2.05, 4.69) is 83.5 Å². The lowest BCUT2D eigenvalue weighted by Gasteiger charge is -2.29. The molecule has 0 saturated carbocycles. The molecule has 102 valence electrons. The summed E-state index contributed by atoms with van der Waals surface area (Å²) in [6.45, 7) is 6.71. The lowest BCUT2D eigenvalue weighted by molar-refractivity contribution is -0.468. The molecule has 4 heteroatoms. The lowest BCUT2D eigenvalue weighted by atomic mass is 9.90. The number of likely N-dealkylation sites (N-methyl/N-ethyl adjacent to an activating group) is 1. The molecule has 0 spiro atoms. The number of allylic oxidation sites excluding steroid dienone is 1. The van der Waals surface area contributed by atoms with Gasteiger partial charge in [0.05, 0.1) is 28.2 Å². The van der Waals surface area contributed by atoms with Gasteiger partial charge in [0.15, 0.2) is 0 Å². The molecule has 0 saturated heterocycles. The number of rotatable bonds is 2. The van der Waals surface area contributed by atoms with E-state index in [0.29, 0.717) is 0 Å². The van der Waals surface area contributed by atoms with Crippen molar-refractivity contribution in [3.63, 3.8) is 0 Å². The third kappa shape index (κ3) is 5.97. The third-order valence-corrected chi connectivity index (χ3v) is 2.43. The van der Waals surface area contributed by atoms with Crippen LogP contribution in [0.1, 0.15) is 20.8 Å². The van der Waals surface area contributed by atoms with Crippen molar-refractivity contribution in [3.8, 4) is 0 Å². The Morgan fingerprint density at radius 1 is 0.941 bits per heavy atom. The minimum Gasteiger partial charge on any atom is -1.00 e. The van der Waals surface area contributed by atoms with Crippen molar-refractivity contribution in [3.05, 3.63) is 11.8 Å². The van der Waals surface area contributed by atoms with E-state index in [1.165, 1.54) is 11.5 Å². The van der Waals surface area contributed by atoms with Crippen LogP contribution < -0.4 is 12.4 Å². The van der Waals surface area contributed by atoms with Crippen molar-refractivity contribution in [1.29, 1.82) is 0 Å². The molecule has 0 aromatic rings. The lowest BCUT2D eigenvalue weighted by Crippen LogP contribution is -3.00. The van der Waals surface area contributed by atoms with Gasteiger partial charge >= 0.3 is 0 Å². The monoisotopic (exact) mass is 261 g/mol. The Balaban J connectivity index is 0. The average molecular weight is 262 g/mol. The summed E-state index contributed by atoms with van der Waals surface area (Å²) in [6, 6.07) is 0. The summed E-state index contributed by atoms with van der Waals surface area (Å²) >= 11 is 0. The van der Waals surface area contributed by atoms with Gasteiger partial charge in [-0.3, -0.25) is 9.48 Å². The Kier molecular flexibility index (Phi) is 7.57. The molecule has 0 unspecified atom stereocenters. The third-order valence-electron chi connectivity index (χ3n) is 2.43. The van der Waals surface area contributed by atoms with E-state index in [1.807, 2.05) is 0 Å². The minimum atomic E-state index is 0. The number of hydrogen-bond acceptors (Lipinski definition) is 1. The SMILES string of the molecule is CN(C)C(/C=C(/N(C)C)C(C)(C)C)=[N+](C)C.[Cl-]. The molecule has 0 heterocycles. The maximum atomic E-state index is 2.25. The quantitative estimate of drug-likeness (QED) is 0.348. The van der Waals surface area contributed by atoms with Gasteiger partial charge in [-0.05, 0) is 0 Å². The molecule has 17 heavy (non-hydrogen) atoms. The Hall–Kier alpha value is -0.700. The zero-order chi connectivity index (χ0) is 13.1. The van der Waals surface area contributed by atoms with E-state index in [0.717, 1.165) is 0 Å². The largest absolute Gasteiger partial charge is 1.00 e. The van der Waals surface area contributed by atoms with E-state index >= 15 is 0 Å². The van der Waals surface area contributed by atoms with Crippen LogP contribution in [-0.2, 0) is 0 Å². The smallest absolute Gasteiger partial charge is 0.272 e. The van der Waals surface area contributed by atoms with Crippen LogP contribution in [0, 0.1) is 5.41 Å². The van der Waals surface area contributed by atoms with Crippen molar-refractivity contribution >= 4 is 5.84 Å². The first kappa shape index (κ1) is 18.7. The molecule has 0 radical (unpaired) electrons. The van der Waals surface area contributed by atoms with Crippen molar-refractivity contribution < 1.29 is 17.0 Å². The first-order valence-corrected chi connectivity index (χ1v) is 5.68. The second-order valence-corrected chi connectivity index (χ2v) is 5.82. The molecular formula is C13H28ClN3. The predicted octanol–water partition coefficient (Wildman–Crippen LogP) is -1.29. The van der Waals surface area contributed by atoms with Crippen LogP contribution in [0.4, 0.5) is 0 Å². The van der Waals surface area contributed by atoms with Gasteiger partial charge in [0.2, 0.25) is 0 Å². The van der Waals surface area contributed by atoms with Crippen LogP contribution in [0.5, 0.6) is 0 Å². The highest BCUT2D eigenvalue weighted by Crippen LogP contribution is 2.26. The van der Waals surface area contributed by atoms with Gasteiger partial charge in [0.1, 0.15) is 0 Å². The first-order chi connectivity index (χ1) is 7.07. The summed E-state index contributed by atoms with van der Waals surface area (Å²) in [5.41, 5.74) is 1.48. The molecule has 0 aliphatic rings. The molecule has 0 fully saturated rings. The molecule has 0 aromatic heterocycles. The van der Waals surface area contributed by atoms with E-state index in [1.54, 1.807) is 0 Å². The fourth-order valence-electron chi connectivity index (χ4n) is 1.80. The highest BCUT2D eigenvalue weighted by Gasteiger charge is 2.22. The van der Waals surface area contributed by atoms with Gasteiger partial charge in [-0.25, -0.2) is 0 Å². The van der Waals surface area contributed by atoms with E-state index in [4.69, 9.17) is 0 Å². The Morgan fingerprint density at radius 3 is 1.53 bits per heavy atom. The second-order valence-electron chi connectivity index (χ2n) is 5.82. The fourth-order valence-corrected chi connectivity index (χ4v) is 1.80. The van der Waals surface area contributed by atoms with Crippen LogP contribution in [0.25, 0.3) is 0 Å². The van der Waals surface area contributed by atoms with Crippen LogP contribution in [0.15, 0.2) is 11.8 Å². The van der Waals surface area contributed by atoms with Crippen molar-refractivity contribution in [2.45, 2.75) is 20.8 Å².